The number of fused-ring (bicyclic) bond motifs is 3. The molecule has 2 nitrogen and oxygen atoms in total. The van der Waals surface area contributed by atoms with E-state index in [9.17, 15) is 0 Å². The number of hydrogen-bond donors (Lipinski definition) is 1. The van der Waals surface area contributed by atoms with Gasteiger partial charge >= 0.3 is 0 Å². The summed E-state index contributed by atoms with van der Waals surface area (Å²) in [5.41, 5.74) is 5.57. The number of nitrogens with zero attached hydrogens (tertiary/aromatic N) is 1. The molecule has 3 atom stereocenters. The van der Waals surface area contributed by atoms with Crippen LogP contribution in [0.4, 0.5) is 11.4 Å². The molecule has 2 aromatic rings. The Bertz CT molecular complexity index is 757. The molecule has 0 spiro atoms. The number of thiophene rings is 1. The first-order chi connectivity index (χ1) is 11.7. The van der Waals surface area contributed by atoms with Crippen molar-refractivity contribution >= 4 is 22.7 Å². The second-order valence-electron chi connectivity index (χ2n) is 6.89. The Morgan fingerprint density at radius 2 is 2.04 bits per heavy atom. The Morgan fingerprint density at radius 1 is 1.21 bits per heavy atom. The summed E-state index contributed by atoms with van der Waals surface area (Å²) in [5.74, 6) is 1.19. The average molecular weight is 339 g/mol. The van der Waals surface area contributed by atoms with Crippen LogP contribution in [0.15, 0.2) is 41.8 Å². The number of rotatable bonds is 4. The van der Waals surface area contributed by atoms with Crippen molar-refractivity contribution in [3.05, 3.63) is 57.8 Å². The van der Waals surface area contributed by atoms with E-state index in [2.05, 4.69) is 72.8 Å². The Labute approximate surface area is 149 Å². The van der Waals surface area contributed by atoms with Gasteiger partial charge in [-0.05, 0) is 73.9 Å². The van der Waals surface area contributed by atoms with Crippen molar-refractivity contribution in [3.63, 3.8) is 0 Å². The number of nitrogens with one attached hydrogen (secondary N) is 1. The van der Waals surface area contributed by atoms with Gasteiger partial charge in [0.1, 0.15) is 0 Å². The van der Waals surface area contributed by atoms with Gasteiger partial charge in [-0.25, -0.2) is 0 Å². The number of aryl methyl sites for hydroxylation is 1. The molecule has 0 saturated carbocycles. The smallest absolute Gasteiger partial charge is 0.0649 e. The van der Waals surface area contributed by atoms with Gasteiger partial charge in [-0.3, -0.25) is 0 Å². The lowest BCUT2D eigenvalue weighted by Crippen LogP contribution is -2.29. The fourth-order valence-electron chi connectivity index (χ4n) is 4.33. The van der Waals surface area contributed by atoms with E-state index < -0.39 is 0 Å². The van der Waals surface area contributed by atoms with E-state index in [1.807, 2.05) is 11.3 Å². The fourth-order valence-corrected chi connectivity index (χ4v) is 5.38. The first kappa shape index (κ1) is 15.8. The van der Waals surface area contributed by atoms with Crippen molar-refractivity contribution in [3.8, 4) is 0 Å². The van der Waals surface area contributed by atoms with Gasteiger partial charge < -0.3 is 10.2 Å². The van der Waals surface area contributed by atoms with E-state index in [1.165, 1.54) is 33.8 Å². The summed E-state index contributed by atoms with van der Waals surface area (Å²) < 4.78 is 0. The van der Waals surface area contributed by atoms with Crippen molar-refractivity contribution in [2.24, 2.45) is 5.92 Å². The monoisotopic (exact) mass is 338 g/mol. The summed E-state index contributed by atoms with van der Waals surface area (Å²) in [4.78, 5) is 3.94. The zero-order valence-electron chi connectivity index (χ0n) is 14.8. The Balaban J connectivity index is 1.74. The van der Waals surface area contributed by atoms with Crippen LogP contribution in [-0.4, -0.2) is 13.1 Å². The summed E-state index contributed by atoms with van der Waals surface area (Å²) in [7, 11) is 0. The maximum Gasteiger partial charge on any atom is 0.0649 e. The number of anilines is 2. The third-order valence-corrected chi connectivity index (χ3v) is 6.76. The molecule has 3 heteroatoms. The molecule has 1 aromatic heterocycles. The number of hydrogen-bond acceptors (Lipinski definition) is 3. The van der Waals surface area contributed by atoms with Gasteiger partial charge in [0, 0.05) is 35.3 Å². The minimum Gasteiger partial charge on any atom is -0.377 e. The highest BCUT2D eigenvalue weighted by atomic mass is 32.1. The Morgan fingerprint density at radius 3 is 2.75 bits per heavy atom. The van der Waals surface area contributed by atoms with Crippen LogP contribution in [0.25, 0.3) is 0 Å². The minimum atomic E-state index is 0.441. The van der Waals surface area contributed by atoms with Crippen LogP contribution in [0.1, 0.15) is 48.2 Å². The predicted octanol–water partition coefficient (Wildman–Crippen LogP) is 5.73. The zero-order valence-corrected chi connectivity index (χ0v) is 15.6. The lowest BCUT2D eigenvalue weighted by Gasteiger charge is -2.38. The van der Waals surface area contributed by atoms with Crippen LogP contribution in [0.2, 0.25) is 0 Å². The molecule has 0 fully saturated rings. The fraction of sp³-hybridized carbons (Fsp3) is 0.429. The molecule has 0 bridgehead atoms. The van der Waals surface area contributed by atoms with Gasteiger partial charge in [-0.2, -0.15) is 0 Å². The molecule has 1 aliphatic carbocycles. The van der Waals surface area contributed by atoms with Gasteiger partial charge in [0.25, 0.3) is 0 Å². The summed E-state index contributed by atoms with van der Waals surface area (Å²) in [6, 6.07) is 9.67. The minimum absolute atomic E-state index is 0.441. The second-order valence-corrected chi connectivity index (χ2v) is 7.83. The third-order valence-electron chi connectivity index (χ3n) is 5.66. The summed E-state index contributed by atoms with van der Waals surface area (Å²) in [5, 5.41) is 6.09. The molecule has 126 valence electrons. The third kappa shape index (κ3) is 2.46. The average Bonchev–Trinajstić information content (AvgIpc) is 3.24. The molecule has 3 unspecified atom stereocenters. The quantitative estimate of drug-likeness (QED) is 0.716. The lowest BCUT2D eigenvalue weighted by atomic mass is 9.78. The maximum absolute atomic E-state index is 3.87. The van der Waals surface area contributed by atoms with Crippen LogP contribution < -0.4 is 10.2 Å². The molecule has 24 heavy (non-hydrogen) atoms. The summed E-state index contributed by atoms with van der Waals surface area (Å²) in [6.45, 7) is 8.82. The standard InChI is InChI=1S/C21H26N2S/c1-4-23(5-2)15-9-10-19-18(13-15)16-7-6-8-17(16)20(22-19)21-14(3)11-12-24-21/h6-7,9-13,16-17,20,22H,4-5,8H2,1-3H3. The highest BCUT2D eigenvalue weighted by molar-refractivity contribution is 7.10. The molecule has 1 N–H and O–H groups in total. The van der Waals surface area contributed by atoms with Gasteiger partial charge in [-0.1, -0.05) is 12.2 Å². The van der Waals surface area contributed by atoms with E-state index in [4.69, 9.17) is 0 Å². The van der Waals surface area contributed by atoms with Crippen LogP contribution >= 0.6 is 11.3 Å². The van der Waals surface area contributed by atoms with Crippen molar-refractivity contribution < 1.29 is 0 Å². The van der Waals surface area contributed by atoms with Crippen LogP contribution in [0, 0.1) is 12.8 Å². The number of allylic oxidation sites excluding steroid dienone is 2. The van der Waals surface area contributed by atoms with Crippen LogP contribution in [0.3, 0.4) is 0 Å². The molecule has 1 aromatic carbocycles. The molecule has 2 aliphatic rings. The highest BCUT2D eigenvalue weighted by Crippen LogP contribution is 2.51. The van der Waals surface area contributed by atoms with Gasteiger partial charge in [0.15, 0.2) is 0 Å². The molecule has 4 rings (SSSR count). The predicted molar refractivity (Wildman–Crippen MR) is 105 cm³/mol. The Kier molecular flexibility index (Phi) is 4.13. The SMILES string of the molecule is CCN(CC)c1ccc2c(c1)C1C=CCC1C(c1sccc1C)N2. The molecule has 0 amide bonds. The highest BCUT2D eigenvalue weighted by Gasteiger charge is 2.39. The van der Waals surface area contributed by atoms with E-state index >= 15 is 0 Å². The zero-order chi connectivity index (χ0) is 16.7. The maximum atomic E-state index is 3.87. The molecule has 1 aliphatic heterocycles. The van der Waals surface area contributed by atoms with Crippen molar-refractivity contribution in [2.45, 2.75) is 39.2 Å². The molecule has 2 heterocycles. The van der Waals surface area contributed by atoms with Crippen LogP contribution in [0.5, 0.6) is 0 Å². The lowest BCUT2D eigenvalue weighted by molar-refractivity contribution is 0.429. The normalized spacial score (nSPS) is 24.4. The van der Waals surface area contributed by atoms with Crippen molar-refractivity contribution in [2.75, 3.05) is 23.3 Å². The summed E-state index contributed by atoms with van der Waals surface area (Å²) >= 11 is 1.90. The number of benzene rings is 1. The van der Waals surface area contributed by atoms with Gasteiger partial charge in [0.05, 0.1) is 6.04 Å². The second kappa shape index (κ2) is 6.29. The van der Waals surface area contributed by atoms with E-state index in [0.717, 1.165) is 13.1 Å². The topological polar surface area (TPSA) is 15.3 Å². The molecule has 0 radical (unpaired) electrons. The first-order valence-corrected chi connectivity index (χ1v) is 9.97. The van der Waals surface area contributed by atoms with Crippen LogP contribution in [-0.2, 0) is 0 Å². The van der Waals surface area contributed by atoms with E-state index in [1.54, 1.807) is 0 Å². The van der Waals surface area contributed by atoms with Crippen molar-refractivity contribution in [1.29, 1.82) is 0 Å². The summed E-state index contributed by atoms with van der Waals surface area (Å²) in [6.07, 6.45) is 5.99. The molecular weight excluding hydrogens is 312 g/mol. The largest absolute Gasteiger partial charge is 0.377 e. The molecule has 0 saturated heterocycles. The van der Waals surface area contributed by atoms with Gasteiger partial charge in [0.2, 0.25) is 0 Å². The first-order valence-electron chi connectivity index (χ1n) is 9.09. The van der Waals surface area contributed by atoms with E-state index in [0.29, 0.717) is 17.9 Å². The van der Waals surface area contributed by atoms with Crippen molar-refractivity contribution in [1.82, 2.24) is 0 Å². The van der Waals surface area contributed by atoms with Gasteiger partial charge in [-0.15, -0.1) is 11.3 Å². The molecular formula is C21H26N2S. The van der Waals surface area contributed by atoms with E-state index in [-0.39, 0.29) is 0 Å². The Hall–Kier alpha value is -1.74.